The van der Waals surface area contributed by atoms with E-state index in [1.165, 1.54) is 11.1 Å². The summed E-state index contributed by atoms with van der Waals surface area (Å²) in [4.78, 5) is 26.0. The monoisotopic (exact) mass is 332 g/mol. The van der Waals surface area contributed by atoms with Gasteiger partial charge in [0.15, 0.2) is 0 Å². The third-order valence-electron chi connectivity index (χ3n) is 4.11. The maximum absolute atomic E-state index is 12.2. The predicted molar refractivity (Wildman–Crippen MR) is 98.8 cm³/mol. The predicted octanol–water partition coefficient (Wildman–Crippen LogP) is 3.74. The van der Waals surface area contributed by atoms with Crippen molar-refractivity contribution in [1.29, 1.82) is 0 Å². The maximum atomic E-state index is 12.2. The lowest BCUT2D eigenvalue weighted by Crippen LogP contribution is -2.32. The van der Waals surface area contributed by atoms with E-state index in [-0.39, 0.29) is 11.8 Å². The topological polar surface area (TPSA) is 49.4 Å². The van der Waals surface area contributed by atoms with Gasteiger partial charge in [-0.15, -0.1) is 0 Å². The van der Waals surface area contributed by atoms with Crippen molar-refractivity contribution in [1.82, 2.24) is 10.2 Å². The van der Waals surface area contributed by atoms with Crippen molar-refractivity contribution >= 4 is 11.8 Å². The van der Waals surface area contributed by atoms with Crippen LogP contribution < -0.4 is 5.32 Å². The van der Waals surface area contributed by atoms with E-state index in [2.05, 4.69) is 51.2 Å². The smallest absolute Gasteiger partial charge is 0.222 e. The van der Waals surface area contributed by atoms with Crippen molar-refractivity contribution in [2.45, 2.75) is 66.3 Å². The lowest BCUT2D eigenvalue weighted by Gasteiger charge is -2.21. The number of aryl methyl sites for hydroxylation is 2. The van der Waals surface area contributed by atoms with Crippen LogP contribution in [0.2, 0.25) is 0 Å². The number of hydrogen-bond donors (Lipinski definition) is 1. The molecule has 0 aromatic heterocycles. The lowest BCUT2D eigenvalue weighted by atomic mass is 10.1. The third kappa shape index (κ3) is 7.16. The first-order valence-corrected chi connectivity index (χ1v) is 9.08. The summed E-state index contributed by atoms with van der Waals surface area (Å²) in [6.45, 7) is 10.5. The Morgan fingerprint density at radius 1 is 1.04 bits per heavy atom. The molecular weight excluding hydrogens is 300 g/mol. The third-order valence-corrected chi connectivity index (χ3v) is 4.11. The van der Waals surface area contributed by atoms with Crippen LogP contribution >= 0.6 is 0 Å². The van der Waals surface area contributed by atoms with Crippen molar-refractivity contribution in [2.24, 2.45) is 0 Å². The number of carbonyl (C=O) groups is 2. The summed E-state index contributed by atoms with van der Waals surface area (Å²) in [5, 5.41) is 2.95. The van der Waals surface area contributed by atoms with Gasteiger partial charge in [0.25, 0.3) is 0 Å². The highest BCUT2D eigenvalue weighted by atomic mass is 16.2. The number of rotatable bonds is 10. The second kappa shape index (κ2) is 10.8. The van der Waals surface area contributed by atoms with E-state index in [0.717, 1.165) is 31.5 Å². The molecule has 24 heavy (non-hydrogen) atoms. The van der Waals surface area contributed by atoms with E-state index in [1.807, 2.05) is 4.90 Å². The van der Waals surface area contributed by atoms with Gasteiger partial charge in [0.05, 0.1) is 0 Å². The summed E-state index contributed by atoms with van der Waals surface area (Å²) in [7, 11) is 0. The fourth-order valence-electron chi connectivity index (χ4n) is 2.79. The Kier molecular flexibility index (Phi) is 9.13. The molecule has 0 heterocycles. The highest BCUT2D eigenvalue weighted by Gasteiger charge is 2.12. The number of nitrogens with zero attached hydrogens (tertiary/aromatic N) is 1. The van der Waals surface area contributed by atoms with E-state index in [4.69, 9.17) is 0 Å². The molecule has 4 heteroatoms. The maximum Gasteiger partial charge on any atom is 0.222 e. The molecule has 1 aromatic carbocycles. The zero-order chi connectivity index (χ0) is 17.9. The first-order chi connectivity index (χ1) is 11.5. The molecule has 1 rings (SSSR count). The Morgan fingerprint density at radius 3 is 2.29 bits per heavy atom. The van der Waals surface area contributed by atoms with Gasteiger partial charge in [-0.3, -0.25) is 9.59 Å². The van der Waals surface area contributed by atoms with E-state index >= 15 is 0 Å². The Hall–Kier alpha value is -1.84. The van der Waals surface area contributed by atoms with Crippen molar-refractivity contribution in [3.63, 3.8) is 0 Å². The van der Waals surface area contributed by atoms with E-state index < -0.39 is 0 Å². The van der Waals surface area contributed by atoms with Crippen LogP contribution in [0.4, 0.5) is 0 Å². The first-order valence-electron chi connectivity index (χ1n) is 9.08. The summed E-state index contributed by atoms with van der Waals surface area (Å²) in [5.74, 6) is 0.182. The second-order valence-electron chi connectivity index (χ2n) is 6.44. The molecule has 0 spiro atoms. The van der Waals surface area contributed by atoms with Crippen molar-refractivity contribution in [3.05, 3.63) is 34.9 Å². The zero-order valence-electron chi connectivity index (χ0n) is 15.7. The van der Waals surface area contributed by atoms with Crippen molar-refractivity contribution < 1.29 is 9.59 Å². The minimum Gasteiger partial charge on any atom is -0.352 e. The molecule has 0 aliphatic heterocycles. The quantitative estimate of drug-likeness (QED) is 0.709. The molecule has 1 N–H and O–H groups in total. The van der Waals surface area contributed by atoms with Gasteiger partial charge in [-0.1, -0.05) is 37.6 Å². The zero-order valence-corrected chi connectivity index (χ0v) is 15.7. The van der Waals surface area contributed by atoms with E-state index in [0.29, 0.717) is 25.8 Å². The normalized spacial score (nSPS) is 10.5. The summed E-state index contributed by atoms with van der Waals surface area (Å²) in [5.41, 5.74) is 3.56. The molecule has 1 aromatic rings. The van der Waals surface area contributed by atoms with Crippen LogP contribution in [0.1, 0.15) is 62.6 Å². The molecule has 4 nitrogen and oxygen atoms in total. The minimum absolute atomic E-state index is 0.0142. The molecule has 0 aliphatic carbocycles. The Bertz CT molecular complexity index is 534. The van der Waals surface area contributed by atoms with Crippen LogP contribution in [0.5, 0.6) is 0 Å². The average Bonchev–Trinajstić information content (AvgIpc) is 2.53. The standard InChI is InChI=1S/C20H32N2O2/c1-5-12-22(13-6-2)20(24)9-7-8-19(23)21-15-18-11-10-16(3)14-17(18)4/h10-11,14H,5-9,12-13,15H2,1-4H3,(H,21,23). The Morgan fingerprint density at radius 2 is 1.71 bits per heavy atom. The van der Waals surface area contributed by atoms with Crippen molar-refractivity contribution in [3.8, 4) is 0 Å². The van der Waals surface area contributed by atoms with E-state index in [9.17, 15) is 9.59 Å². The molecule has 134 valence electrons. The first kappa shape index (κ1) is 20.2. The SMILES string of the molecule is CCCN(CCC)C(=O)CCCC(=O)NCc1ccc(C)cc1C. The average molecular weight is 332 g/mol. The van der Waals surface area contributed by atoms with Crippen molar-refractivity contribution in [2.75, 3.05) is 13.1 Å². The number of benzene rings is 1. The van der Waals surface area contributed by atoms with Gasteiger partial charge in [0, 0.05) is 32.5 Å². The van der Waals surface area contributed by atoms with Crippen LogP contribution in [-0.2, 0) is 16.1 Å². The lowest BCUT2D eigenvalue weighted by molar-refractivity contribution is -0.131. The number of nitrogens with one attached hydrogen (secondary N) is 1. The number of carbonyl (C=O) groups excluding carboxylic acids is 2. The molecule has 0 aliphatic rings. The van der Waals surface area contributed by atoms with Gasteiger partial charge in [0.2, 0.25) is 11.8 Å². The molecular formula is C20H32N2O2. The highest BCUT2D eigenvalue weighted by molar-refractivity contribution is 5.79. The second-order valence-corrected chi connectivity index (χ2v) is 6.44. The van der Waals surface area contributed by atoms with Gasteiger partial charge in [-0.25, -0.2) is 0 Å². The van der Waals surface area contributed by atoms with Gasteiger partial charge >= 0.3 is 0 Å². The molecule has 0 saturated heterocycles. The number of amides is 2. The minimum atomic E-state index is 0.0142. The molecule has 0 radical (unpaired) electrons. The summed E-state index contributed by atoms with van der Waals surface area (Å²) < 4.78 is 0. The Balaban J connectivity index is 2.31. The Labute approximate surface area is 146 Å². The van der Waals surface area contributed by atoms with Crippen LogP contribution in [0.25, 0.3) is 0 Å². The van der Waals surface area contributed by atoms with Gasteiger partial charge < -0.3 is 10.2 Å². The fraction of sp³-hybridized carbons (Fsp3) is 0.600. The van der Waals surface area contributed by atoms with Crippen LogP contribution in [0.3, 0.4) is 0 Å². The molecule has 0 atom stereocenters. The van der Waals surface area contributed by atoms with Gasteiger partial charge in [-0.05, 0) is 44.2 Å². The molecule has 0 bridgehead atoms. The molecule has 0 fully saturated rings. The summed E-state index contributed by atoms with van der Waals surface area (Å²) in [6, 6.07) is 6.24. The highest BCUT2D eigenvalue weighted by Crippen LogP contribution is 2.10. The van der Waals surface area contributed by atoms with Gasteiger partial charge in [-0.2, -0.15) is 0 Å². The van der Waals surface area contributed by atoms with Crippen LogP contribution in [-0.4, -0.2) is 29.8 Å². The van der Waals surface area contributed by atoms with Crippen LogP contribution in [0.15, 0.2) is 18.2 Å². The largest absolute Gasteiger partial charge is 0.352 e. The molecule has 0 saturated carbocycles. The fourth-order valence-corrected chi connectivity index (χ4v) is 2.79. The van der Waals surface area contributed by atoms with E-state index in [1.54, 1.807) is 0 Å². The summed E-state index contributed by atoms with van der Waals surface area (Å²) in [6.07, 6.45) is 3.42. The van der Waals surface area contributed by atoms with Gasteiger partial charge in [0.1, 0.15) is 0 Å². The number of hydrogen-bond acceptors (Lipinski definition) is 2. The van der Waals surface area contributed by atoms with Crippen LogP contribution in [0, 0.1) is 13.8 Å². The summed E-state index contributed by atoms with van der Waals surface area (Å²) >= 11 is 0. The molecule has 2 amide bonds. The molecule has 0 unspecified atom stereocenters.